The number of nitrogens with zero attached hydrogens (tertiary/aromatic N) is 3. The molecule has 3 heterocycles. The lowest BCUT2D eigenvalue weighted by molar-refractivity contribution is -0.136. The molecule has 3 aliphatic rings. The highest BCUT2D eigenvalue weighted by molar-refractivity contribution is 7.71. The first kappa shape index (κ1) is 24.6. The number of H-pyrrole nitrogens is 1. The molecule has 2 aromatic heterocycles. The number of hydrogen-bond donors (Lipinski definition) is 3. The number of fused-ring (bicyclic) bond motifs is 1. The molecule has 0 radical (unpaired) electrons. The monoisotopic (exact) mass is 534 g/mol. The van der Waals surface area contributed by atoms with E-state index in [9.17, 15) is 17.7 Å². The molecule has 3 aromatic rings. The first-order chi connectivity index (χ1) is 17.7. The van der Waals surface area contributed by atoms with E-state index in [-0.39, 0.29) is 22.8 Å². The zero-order chi connectivity index (χ0) is 25.8. The van der Waals surface area contributed by atoms with Crippen molar-refractivity contribution in [3.8, 4) is 5.75 Å². The molecule has 6 rings (SSSR count). The van der Waals surface area contributed by atoms with Crippen LogP contribution in [-0.4, -0.2) is 65.0 Å². The Morgan fingerprint density at radius 3 is 2.57 bits per heavy atom. The topological polar surface area (TPSA) is 95.2 Å². The van der Waals surface area contributed by atoms with Gasteiger partial charge in [-0.3, -0.25) is 4.90 Å². The van der Waals surface area contributed by atoms with Crippen LogP contribution in [-0.2, 0) is 10.7 Å². The highest BCUT2D eigenvalue weighted by atomic mass is 31.2. The molecule has 2 saturated carbocycles. The second-order valence-electron chi connectivity index (χ2n) is 10.3. The van der Waals surface area contributed by atoms with Gasteiger partial charge in [-0.2, -0.15) is 23.1 Å². The standard InChI is InChI=1S/C25H30F3N6O2P/c1-36-20-12-17(37(35)10-8-34(9-11-37)16-4-5-16)6-7-19(20)31-24-32-22(29-13-15-2-3-15)21-18(25(26,27)28)14-30-23(21)33-24/h6-7,12,14-16H,2-5,8-11,13H2,1H3,(H3,29,30,31,32,33). The lowest BCUT2D eigenvalue weighted by atomic mass is 10.2. The summed E-state index contributed by atoms with van der Waals surface area (Å²) in [6.45, 7) is 2.26. The summed E-state index contributed by atoms with van der Waals surface area (Å²) in [6, 6.07) is 6.10. The van der Waals surface area contributed by atoms with Gasteiger partial charge in [-0.1, -0.05) is 0 Å². The molecule has 12 heteroatoms. The Kier molecular flexibility index (Phi) is 6.11. The van der Waals surface area contributed by atoms with E-state index in [0.29, 0.717) is 42.3 Å². The molecule has 8 nitrogen and oxygen atoms in total. The quantitative estimate of drug-likeness (QED) is 0.350. The molecule has 0 spiro atoms. The number of aromatic amines is 1. The average molecular weight is 535 g/mol. The van der Waals surface area contributed by atoms with Gasteiger partial charge in [-0.25, -0.2) is 0 Å². The SMILES string of the molecule is COc1cc(P2(=O)CCN(C3CC3)CC2)ccc1Nc1nc(NCC2CC2)c2c(C(F)(F)F)c[nH]c2n1. The lowest BCUT2D eigenvalue weighted by Crippen LogP contribution is -2.38. The van der Waals surface area contributed by atoms with Crippen molar-refractivity contribution in [3.63, 3.8) is 0 Å². The predicted octanol–water partition coefficient (Wildman–Crippen LogP) is 5.02. The maximum absolute atomic E-state index is 13.7. The summed E-state index contributed by atoms with van der Waals surface area (Å²) in [6.07, 6.45) is 2.29. The van der Waals surface area contributed by atoms with E-state index in [1.54, 1.807) is 12.1 Å². The number of anilines is 3. The third-order valence-corrected chi connectivity index (χ3v) is 10.6. The highest BCUT2D eigenvalue weighted by Crippen LogP contribution is 2.49. The van der Waals surface area contributed by atoms with E-state index in [1.165, 1.54) is 20.0 Å². The molecule has 0 amide bonds. The zero-order valence-electron chi connectivity index (χ0n) is 20.6. The number of benzene rings is 1. The molecule has 1 aromatic carbocycles. The van der Waals surface area contributed by atoms with Gasteiger partial charge in [0, 0.05) is 49.5 Å². The molecular formula is C25H30F3N6O2P. The number of alkyl halides is 3. The van der Waals surface area contributed by atoms with Crippen LogP contribution in [0, 0.1) is 5.92 Å². The Morgan fingerprint density at radius 1 is 1.16 bits per heavy atom. The van der Waals surface area contributed by atoms with Crippen molar-refractivity contribution in [2.75, 3.05) is 49.7 Å². The Hall–Kier alpha value is -2.78. The fourth-order valence-electron chi connectivity index (χ4n) is 5.03. The summed E-state index contributed by atoms with van der Waals surface area (Å²) in [7, 11) is -0.995. The second kappa shape index (κ2) is 9.20. The van der Waals surface area contributed by atoms with Crippen LogP contribution in [0.4, 0.5) is 30.6 Å². The largest absolute Gasteiger partial charge is 0.495 e. The number of nitrogens with one attached hydrogen (secondary N) is 3. The van der Waals surface area contributed by atoms with E-state index < -0.39 is 18.9 Å². The minimum Gasteiger partial charge on any atom is -0.495 e. The van der Waals surface area contributed by atoms with Gasteiger partial charge in [-0.15, -0.1) is 0 Å². The zero-order valence-corrected chi connectivity index (χ0v) is 21.5. The molecular weight excluding hydrogens is 504 g/mol. The molecule has 37 heavy (non-hydrogen) atoms. The number of rotatable bonds is 8. The van der Waals surface area contributed by atoms with E-state index >= 15 is 0 Å². The van der Waals surface area contributed by atoms with Crippen LogP contribution >= 0.6 is 7.14 Å². The highest BCUT2D eigenvalue weighted by Gasteiger charge is 2.38. The molecule has 0 bridgehead atoms. The maximum atomic E-state index is 13.7. The number of aromatic nitrogens is 3. The molecule has 1 saturated heterocycles. The average Bonchev–Trinajstić information content (AvgIpc) is 3.80. The Balaban J connectivity index is 1.28. The number of hydrogen-bond acceptors (Lipinski definition) is 7. The van der Waals surface area contributed by atoms with Crippen LogP contribution in [0.15, 0.2) is 24.4 Å². The van der Waals surface area contributed by atoms with Crippen LogP contribution < -0.4 is 20.7 Å². The van der Waals surface area contributed by atoms with Crippen molar-refractivity contribution >= 4 is 40.9 Å². The molecule has 1 aliphatic heterocycles. The van der Waals surface area contributed by atoms with Crippen molar-refractivity contribution in [2.24, 2.45) is 5.92 Å². The van der Waals surface area contributed by atoms with Crippen molar-refractivity contribution in [2.45, 2.75) is 37.9 Å². The summed E-state index contributed by atoms with van der Waals surface area (Å²) in [4.78, 5) is 13.8. The summed E-state index contributed by atoms with van der Waals surface area (Å²) < 4.78 is 60.2. The van der Waals surface area contributed by atoms with Gasteiger partial charge in [-0.05, 0) is 49.8 Å². The van der Waals surface area contributed by atoms with E-state index in [0.717, 1.165) is 37.4 Å². The third-order valence-electron chi connectivity index (χ3n) is 7.55. The van der Waals surface area contributed by atoms with Crippen LogP contribution in [0.2, 0.25) is 0 Å². The molecule has 198 valence electrons. The lowest BCUT2D eigenvalue weighted by Gasteiger charge is -2.32. The molecule has 3 fully saturated rings. The molecule has 3 N–H and O–H groups in total. The first-order valence-corrected chi connectivity index (χ1v) is 14.8. The maximum Gasteiger partial charge on any atom is 0.418 e. The van der Waals surface area contributed by atoms with E-state index in [1.807, 2.05) is 6.07 Å². The van der Waals surface area contributed by atoms with Crippen molar-refractivity contribution < 1.29 is 22.5 Å². The van der Waals surface area contributed by atoms with Gasteiger partial charge < -0.3 is 24.9 Å². The molecule has 2 aliphatic carbocycles. The van der Waals surface area contributed by atoms with Gasteiger partial charge in [0.25, 0.3) is 0 Å². The fraction of sp³-hybridized carbons (Fsp3) is 0.520. The normalized spacial score (nSPS) is 20.2. The number of methoxy groups -OCH3 is 1. The minimum atomic E-state index is -4.53. The van der Waals surface area contributed by atoms with Crippen molar-refractivity contribution in [3.05, 3.63) is 30.0 Å². The number of halogens is 3. The molecule has 0 unspecified atom stereocenters. The van der Waals surface area contributed by atoms with Gasteiger partial charge in [0.15, 0.2) is 0 Å². The molecule has 0 atom stereocenters. The van der Waals surface area contributed by atoms with Gasteiger partial charge in [0.2, 0.25) is 5.95 Å². The Morgan fingerprint density at radius 2 is 1.92 bits per heavy atom. The summed E-state index contributed by atoms with van der Waals surface area (Å²) in [5, 5.41) is 6.90. The summed E-state index contributed by atoms with van der Waals surface area (Å²) in [5.41, 5.74) is -0.165. The minimum absolute atomic E-state index is 0.0725. The van der Waals surface area contributed by atoms with Crippen molar-refractivity contribution in [1.82, 2.24) is 19.9 Å². The Bertz CT molecular complexity index is 1360. The fourth-order valence-corrected chi connectivity index (χ4v) is 7.63. The van der Waals surface area contributed by atoms with Crippen LogP contribution in [0.25, 0.3) is 11.0 Å². The van der Waals surface area contributed by atoms with Crippen LogP contribution in [0.3, 0.4) is 0 Å². The Labute approximate surface area is 212 Å². The smallest absolute Gasteiger partial charge is 0.418 e. The van der Waals surface area contributed by atoms with Crippen molar-refractivity contribution in [1.29, 1.82) is 0 Å². The summed E-state index contributed by atoms with van der Waals surface area (Å²) in [5.74, 6) is 1.20. The van der Waals surface area contributed by atoms with Gasteiger partial charge >= 0.3 is 6.18 Å². The van der Waals surface area contributed by atoms with Crippen LogP contribution in [0.5, 0.6) is 5.75 Å². The third kappa shape index (κ3) is 5.03. The van der Waals surface area contributed by atoms with Crippen LogP contribution in [0.1, 0.15) is 31.2 Å². The number of ether oxygens (including phenoxy) is 1. The summed E-state index contributed by atoms with van der Waals surface area (Å²) >= 11 is 0. The predicted molar refractivity (Wildman–Crippen MR) is 138 cm³/mol. The first-order valence-electron chi connectivity index (χ1n) is 12.7. The van der Waals surface area contributed by atoms with Gasteiger partial charge in [0.1, 0.15) is 24.4 Å². The van der Waals surface area contributed by atoms with E-state index in [2.05, 4.69) is 30.5 Å². The van der Waals surface area contributed by atoms with E-state index in [4.69, 9.17) is 4.74 Å². The second-order valence-corrected chi connectivity index (χ2v) is 13.4. The van der Waals surface area contributed by atoms with Gasteiger partial charge in [0.05, 0.1) is 23.7 Å².